The van der Waals surface area contributed by atoms with Crippen LogP contribution in [0.1, 0.15) is 43.6 Å². The number of unbranched alkanes of at least 4 members (excludes halogenated alkanes) is 1. The lowest BCUT2D eigenvalue weighted by atomic mass is 10.3. The molecule has 0 bridgehead atoms. The zero-order valence-electron chi connectivity index (χ0n) is 12.3. The molecule has 1 amide bonds. The molecule has 1 rings (SSSR count). The Hall–Kier alpha value is -1.34. The van der Waals surface area contributed by atoms with E-state index in [1.54, 1.807) is 16.5 Å². The molecule has 0 aliphatic rings. The molecular formula is C13H23N3O3S. The highest BCUT2D eigenvalue weighted by Crippen LogP contribution is 2.15. The maximum atomic E-state index is 12.4. The minimum absolute atomic E-state index is 0.0156. The molecule has 6 nitrogen and oxygen atoms in total. The number of aryl methyl sites for hydroxylation is 1. The van der Waals surface area contributed by atoms with Gasteiger partial charge in [-0.2, -0.15) is 0 Å². The second-order valence-electron chi connectivity index (χ2n) is 4.88. The fourth-order valence-corrected chi connectivity index (χ4v) is 2.49. The monoisotopic (exact) mass is 301 g/mol. The molecule has 2 N–H and O–H groups in total. The lowest BCUT2D eigenvalue weighted by Gasteiger charge is -2.17. The molecule has 20 heavy (non-hydrogen) atoms. The van der Waals surface area contributed by atoms with Gasteiger partial charge in [-0.3, -0.25) is 4.79 Å². The van der Waals surface area contributed by atoms with E-state index in [0.29, 0.717) is 18.8 Å². The summed E-state index contributed by atoms with van der Waals surface area (Å²) in [6.07, 6.45) is 4.15. The topological polar surface area (TPSA) is 85.4 Å². The summed E-state index contributed by atoms with van der Waals surface area (Å²) in [6, 6.07) is 1.36. The van der Waals surface area contributed by atoms with Crippen molar-refractivity contribution in [2.75, 3.05) is 13.6 Å². The molecule has 0 atom stereocenters. The molecule has 1 heterocycles. The van der Waals surface area contributed by atoms with Gasteiger partial charge in [-0.1, -0.05) is 20.3 Å². The maximum absolute atomic E-state index is 12.4. The first kappa shape index (κ1) is 16.7. The number of nitrogens with two attached hydrogens (primary N) is 1. The fourth-order valence-electron chi connectivity index (χ4n) is 1.94. The summed E-state index contributed by atoms with van der Waals surface area (Å²) < 4.78 is 24.5. The van der Waals surface area contributed by atoms with Crippen LogP contribution in [0.15, 0.2) is 17.2 Å². The summed E-state index contributed by atoms with van der Waals surface area (Å²) in [7, 11) is -2.07. The number of sulfonamides is 1. The molecule has 1 aromatic rings. The van der Waals surface area contributed by atoms with Crippen molar-refractivity contribution in [1.29, 1.82) is 0 Å². The van der Waals surface area contributed by atoms with Crippen LogP contribution in [0.2, 0.25) is 0 Å². The first-order valence-electron chi connectivity index (χ1n) is 6.79. The molecule has 0 aromatic carbocycles. The van der Waals surface area contributed by atoms with Crippen LogP contribution in [0.25, 0.3) is 0 Å². The third-order valence-corrected chi connectivity index (χ3v) is 3.96. The van der Waals surface area contributed by atoms with Crippen molar-refractivity contribution in [3.63, 3.8) is 0 Å². The van der Waals surface area contributed by atoms with Crippen LogP contribution in [-0.2, 0) is 16.6 Å². The normalized spacial score (nSPS) is 11.6. The van der Waals surface area contributed by atoms with Gasteiger partial charge < -0.3 is 9.47 Å². The van der Waals surface area contributed by atoms with E-state index >= 15 is 0 Å². The van der Waals surface area contributed by atoms with Gasteiger partial charge in [0.05, 0.1) is 0 Å². The number of carbonyl (C=O) groups excluding carboxylic acids is 1. The van der Waals surface area contributed by atoms with Gasteiger partial charge in [-0.15, -0.1) is 0 Å². The molecule has 0 aliphatic carbocycles. The van der Waals surface area contributed by atoms with Crippen molar-refractivity contribution in [2.45, 2.75) is 44.6 Å². The predicted octanol–water partition coefficient (Wildman–Crippen LogP) is 1.42. The summed E-state index contributed by atoms with van der Waals surface area (Å²) >= 11 is 0. The van der Waals surface area contributed by atoms with Crippen LogP contribution < -0.4 is 5.14 Å². The summed E-state index contributed by atoms with van der Waals surface area (Å²) in [6.45, 7) is 5.25. The van der Waals surface area contributed by atoms with Crippen molar-refractivity contribution in [3.8, 4) is 0 Å². The molecule has 0 saturated carbocycles. The summed E-state index contributed by atoms with van der Waals surface area (Å²) in [5, 5.41) is 5.13. The van der Waals surface area contributed by atoms with E-state index < -0.39 is 10.0 Å². The van der Waals surface area contributed by atoms with E-state index in [0.717, 1.165) is 19.3 Å². The van der Waals surface area contributed by atoms with Crippen LogP contribution in [0.5, 0.6) is 0 Å². The summed E-state index contributed by atoms with van der Waals surface area (Å²) in [5.41, 5.74) is 0.370. The summed E-state index contributed by atoms with van der Waals surface area (Å²) in [4.78, 5) is 13.9. The molecule has 114 valence electrons. The van der Waals surface area contributed by atoms with Gasteiger partial charge in [-0.25, -0.2) is 13.6 Å². The van der Waals surface area contributed by atoms with Crippen LogP contribution in [0, 0.1) is 0 Å². The van der Waals surface area contributed by atoms with E-state index in [1.807, 2.05) is 6.92 Å². The Bertz CT molecular complexity index is 563. The lowest BCUT2D eigenvalue weighted by molar-refractivity contribution is 0.0782. The van der Waals surface area contributed by atoms with Crippen LogP contribution in [0.4, 0.5) is 0 Å². The van der Waals surface area contributed by atoms with Gasteiger partial charge in [0.15, 0.2) is 0 Å². The minimum atomic E-state index is -3.79. The highest BCUT2D eigenvalue weighted by molar-refractivity contribution is 7.89. The smallest absolute Gasteiger partial charge is 0.270 e. The number of hydrogen-bond acceptors (Lipinski definition) is 3. The Kier molecular flexibility index (Phi) is 5.76. The number of carbonyl (C=O) groups is 1. The zero-order chi connectivity index (χ0) is 15.3. The van der Waals surface area contributed by atoms with E-state index in [1.165, 1.54) is 12.3 Å². The molecule has 7 heteroatoms. The molecule has 0 radical (unpaired) electrons. The van der Waals surface area contributed by atoms with E-state index in [2.05, 4.69) is 6.92 Å². The third-order valence-electron chi connectivity index (χ3n) is 3.08. The number of aromatic nitrogens is 1. The molecular weight excluding hydrogens is 278 g/mol. The predicted molar refractivity (Wildman–Crippen MR) is 78.0 cm³/mol. The molecule has 0 aliphatic heterocycles. The number of amides is 1. The molecule has 0 saturated heterocycles. The Morgan fingerprint density at radius 2 is 2.00 bits per heavy atom. The van der Waals surface area contributed by atoms with E-state index in [-0.39, 0.29) is 10.8 Å². The maximum Gasteiger partial charge on any atom is 0.270 e. The van der Waals surface area contributed by atoms with Gasteiger partial charge in [0.25, 0.3) is 5.91 Å². The van der Waals surface area contributed by atoms with Gasteiger partial charge >= 0.3 is 0 Å². The van der Waals surface area contributed by atoms with Crippen molar-refractivity contribution in [2.24, 2.45) is 5.14 Å². The molecule has 0 fully saturated rings. The summed E-state index contributed by atoms with van der Waals surface area (Å²) in [5.74, 6) is -0.179. The minimum Gasteiger partial charge on any atom is -0.342 e. The molecule has 0 unspecified atom stereocenters. The Balaban J connectivity index is 3.08. The standard InChI is InChI=1S/C13H23N3O3S/c1-4-6-8-15(3)13(17)12-9-11(20(14,18)19)10-16(12)7-5-2/h9-10H,4-8H2,1-3H3,(H2,14,18,19). The molecule has 1 aromatic heterocycles. The van der Waals surface area contributed by atoms with Crippen molar-refractivity contribution in [3.05, 3.63) is 18.0 Å². The van der Waals surface area contributed by atoms with Crippen LogP contribution >= 0.6 is 0 Å². The Morgan fingerprint density at radius 3 is 2.50 bits per heavy atom. The fraction of sp³-hybridized carbons (Fsp3) is 0.615. The SMILES string of the molecule is CCCCN(C)C(=O)c1cc(S(N)(=O)=O)cn1CCC. The number of primary sulfonamides is 1. The lowest BCUT2D eigenvalue weighted by Crippen LogP contribution is -2.29. The van der Waals surface area contributed by atoms with Gasteiger partial charge in [-0.05, 0) is 18.9 Å². The third kappa shape index (κ3) is 4.08. The average Bonchev–Trinajstić information content (AvgIpc) is 2.79. The zero-order valence-corrected chi connectivity index (χ0v) is 13.1. The van der Waals surface area contributed by atoms with E-state index in [4.69, 9.17) is 5.14 Å². The highest BCUT2D eigenvalue weighted by atomic mass is 32.2. The van der Waals surface area contributed by atoms with Crippen molar-refractivity contribution >= 4 is 15.9 Å². The van der Waals surface area contributed by atoms with Crippen molar-refractivity contribution in [1.82, 2.24) is 9.47 Å². The highest BCUT2D eigenvalue weighted by Gasteiger charge is 2.20. The van der Waals surface area contributed by atoms with Crippen LogP contribution in [-0.4, -0.2) is 37.4 Å². The number of hydrogen-bond donors (Lipinski definition) is 1. The largest absolute Gasteiger partial charge is 0.342 e. The van der Waals surface area contributed by atoms with Gasteiger partial charge in [0.1, 0.15) is 10.6 Å². The van der Waals surface area contributed by atoms with Gasteiger partial charge in [0.2, 0.25) is 10.0 Å². The first-order chi connectivity index (χ1) is 9.31. The number of nitrogens with zero attached hydrogens (tertiary/aromatic N) is 2. The second kappa shape index (κ2) is 6.90. The number of rotatable bonds is 7. The van der Waals surface area contributed by atoms with Crippen LogP contribution in [0.3, 0.4) is 0 Å². The molecule has 0 spiro atoms. The Labute approximate surface area is 120 Å². The second-order valence-corrected chi connectivity index (χ2v) is 6.44. The average molecular weight is 301 g/mol. The quantitative estimate of drug-likeness (QED) is 0.826. The van der Waals surface area contributed by atoms with Gasteiger partial charge in [0, 0.05) is 26.3 Å². The first-order valence-corrected chi connectivity index (χ1v) is 8.34. The van der Waals surface area contributed by atoms with Crippen molar-refractivity contribution < 1.29 is 13.2 Å². The van der Waals surface area contributed by atoms with E-state index in [9.17, 15) is 13.2 Å². The Morgan fingerprint density at radius 1 is 1.35 bits per heavy atom.